The largest absolute Gasteiger partial charge is 0.467 e. The number of nitrogens with zero attached hydrogens (tertiary/aromatic N) is 1. The summed E-state index contributed by atoms with van der Waals surface area (Å²) in [5, 5.41) is 3.55. The Morgan fingerprint density at radius 1 is 1.12 bits per heavy atom. The number of nitrogens with one attached hydrogen (secondary N) is 1. The smallest absolute Gasteiger partial charge is 0.328 e. The van der Waals surface area contributed by atoms with Gasteiger partial charge in [0.1, 0.15) is 6.04 Å². The van der Waals surface area contributed by atoms with Crippen LogP contribution < -0.4 is 5.32 Å². The second-order valence-electron chi connectivity index (χ2n) is 5.72. The monoisotopic (exact) mass is 460 g/mol. The molecule has 0 aliphatic carbocycles. The van der Waals surface area contributed by atoms with Crippen LogP contribution in [-0.4, -0.2) is 30.0 Å². The van der Waals surface area contributed by atoms with Crippen molar-refractivity contribution in [2.75, 3.05) is 7.11 Å². The van der Waals surface area contributed by atoms with Crippen molar-refractivity contribution in [1.29, 1.82) is 0 Å². The molecular formula is C20H17IN2O3. The zero-order valence-electron chi connectivity index (χ0n) is 14.1. The van der Waals surface area contributed by atoms with Gasteiger partial charge in [-0.3, -0.25) is 9.78 Å². The summed E-state index contributed by atoms with van der Waals surface area (Å²) >= 11 is 2.21. The van der Waals surface area contributed by atoms with Gasteiger partial charge in [0.05, 0.1) is 18.2 Å². The van der Waals surface area contributed by atoms with Crippen LogP contribution in [0.1, 0.15) is 15.9 Å². The van der Waals surface area contributed by atoms with Crippen LogP contribution in [0.25, 0.3) is 10.9 Å². The van der Waals surface area contributed by atoms with Gasteiger partial charge in [-0.05, 0) is 46.4 Å². The van der Waals surface area contributed by atoms with E-state index in [2.05, 4.69) is 32.9 Å². The van der Waals surface area contributed by atoms with Crippen molar-refractivity contribution in [3.8, 4) is 0 Å². The summed E-state index contributed by atoms with van der Waals surface area (Å²) < 4.78 is 5.91. The molecule has 2 aromatic carbocycles. The SMILES string of the molecule is COC(=O)[C@H](Cc1ccccc1I)NC(=O)c1ccnc2ccccc12. The van der Waals surface area contributed by atoms with Crippen LogP contribution in [-0.2, 0) is 16.0 Å². The number of pyridine rings is 1. The Morgan fingerprint density at radius 2 is 1.85 bits per heavy atom. The number of hydrogen-bond donors (Lipinski definition) is 1. The second kappa shape index (κ2) is 8.27. The van der Waals surface area contributed by atoms with Crippen LogP contribution in [0.2, 0.25) is 0 Å². The molecule has 26 heavy (non-hydrogen) atoms. The number of esters is 1. The van der Waals surface area contributed by atoms with Gasteiger partial charge in [0, 0.05) is 21.6 Å². The molecular weight excluding hydrogens is 443 g/mol. The number of aromatic nitrogens is 1. The van der Waals surface area contributed by atoms with E-state index < -0.39 is 12.0 Å². The summed E-state index contributed by atoms with van der Waals surface area (Å²) in [6.07, 6.45) is 1.95. The molecule has 0 saturated heterocycles. The van der Waals surface area contributed by atoms with Gasteiger partial charge in [-0.15, -0.1) is 0 Å². The maximum Gasteiger partial charge on any atom is 0.328 e. The Bertz CT molecular complexity index is 953. The molecule has 3 aromatic rings. The molecule has 3 rings (SSSR count). The minimum absolute atomic E-state index is 0.329. The fraction of sp³-hybridized carbons (Fsp3) is 0.150. The highest BCUT2D eigenvalue weighted by atomic mass is 127. The van der Waals surface area contributed by atoms with Gasteiger partial charge in [0.15, 0.2) is 0 Å². The molecule has 0 bridgehead atoms. The highest BCUT2D eigenvalue weighted by Gasteiger charge is 2.24. The standard InChI is InChI=1S/C20H17IN2O3/c1-26-20(25)18(12-13-6-2-4-8-16(13)21)23-19(24)15-10-11-22-17-9-5-3-7-14(15)17/h2-11,18H,12H2,1H3,(H,23,24)/t18-/m0/s1. The number of carbonyl (C=O) groups is 2. The number of para-hydroxylation sites is 1. The minimum Gasteiger partial charge on any atom is -0.467 e. The summed E-state index contributed by atoms with van der Waals surface area (Å²) in [7, 11) is 1.32. The number of carbonyl (C=O) groups excluding carboxylic acids is 2. The first-order valence-corrected chi connectivity index (χ1v) is 9.14. The van der Waals surface area contributed by atoms with Gasteiger partial charge in [-0.25, -0.2) is 4.79 Å². The number of methoxy groups -OCH3 is 1. The quantitative estimate of drug-likeness (QED) is 0.469. The normalized spacial score (nSPS) is 11.8. The number of rotatable bonds is 5. The lowest BCUT2D eigenvalue weighted by Gasteiger charge is -2.18. The van der Waals surface area contributed by atoms with E-state index in [1.807, 2.05) is 48.5 Å². The van der Waals surface area contributed by atoms with Crippen LogP contribution in [0.3, 0.4) is 0 Å². The van der Waals surface area contributed by atoms with Crippen molar-refractivity contribution >= 4 is 45.4 Å². The molecule has 0 fully saturated rings. The molecule has 0 spiro atoms. The van der Waals surface area contributed by atoms with E-state index in [-0.39, 0.29) is 5.91 Å². The lowest BCUT2D eigenvalue weighted by atomic mass is 10.0. The Morgan fingerprint density at radius 3 is 2.62 bits per heavy atom. The van der Waals surface area contributed by atoms with Crippen LogP contribution in [0.15, 0.2) is 60.8 Å². The maximum atomic E-state index is 12.8. The van der Waals surface area contributed by atoms with E-state index in [1.165, 1.54) is 7.11 Å². The van der Waals surface area contributed by atoms with Crippen molar-refractivity contribution in [2.24, 2.45) is 0 Å². The van der Waals surface area contributed by atoms with Gasteiger partial charge in [-0.2, -0.15) is 0 Å². The number of ether oxygens (including phenoxy) is 1. The minimum atomic E-state index is -0.768. The molecule has 132 valence electrons. The molecule has 1 atom stereocenters. The molecule has 0 radical (unpaired) electrons. The van der Waals surface area contributed by atoms with E-state index in [0.29, 0.717) is 12.0 Å². The summed E-state index contributed by atoms with van der Waals surface area (Å²) in [5.41, 5.74) is 2.18. The molecule has 5 nitrogen and oxygen atoms in total. The first-order chi connectivity index (χ1) is 12.6. The van der Waals surface area contributed by atoms with Crippen molar-refractivity contribution in [3.63, 3.8) is 0 Å². The van der Waals surface area contributed by atoms with Crippen LogP contribution in [0, 0.1) is 3.57 Å². The molecule has 0 unspecified atom stereocenters. The molecule has 6 heteroatoms. The van der Waals surface area contributed by atoms with E-state index in [4.69, 9.17) is 4.74 Å². The summed E-state index contributed by atoms with van der Waals surface area (Å²) in [4.78, 5) is 29.3. The Labute approximate surface area is 164 Å². The van der Waals surface area contributed by atoms with E-state index in [0.717, 1.165) is 20.0 Å². The third kappa shape index (κ3) is 4.01. The highest BCUT2D eigenvalue weighted by molar-refractivity contribution is 14.1. The number of fused-ring (bicyclic) bond motifs is 1. The topological polar surface area (TPSA) is 68.3 Å². The molecule has 1 N–H and O–H groups in total. The van der Waals surface area contributed by atoms with Crippen molar-refractivity contribution in [3.05, 3.63) is 75.5 Å². The lowest BCUT2D eigenvalue weighted by Crippen LogP contribution is -2.43. The van der Waals surface area contributed by atoms with Gasteiger partial charge in [0.25, 0.3) is 5.91 Å². The zero-order chi connectivity index (χ0) is 18.5. The average Bonchev–Trinajstić information content (AvgIpc) is 2.67. The number of hydrogen-bond acceptors (Lipinski definition) is 4. The van der Waals surface area contributed by atoms with Gasteiger partial charge >= 0.3 is 5.97 Å². The lowest BCUT2D eigenvalue weighted by molar-refractivity contribution is -0.142. The van der Waals surface area contributed by atoms with Crippen LogP contribution >= 0.6 is 22.6 Å². The Hall–Kier alpha value is -2.48. The van der Waals surface area contributed by atoms with Gasteiger partial charge in [0.2, 0.25) is 0 Å². The summed E-state index contributed by atoms with van der Waals surface area (Å²) in [6, 6.07) is 16.0. The number of halogens is 1. The zero-order valence-corrected chi connectivity index (χ0v) is 16.3. The van der Waals surface area contributed by atoms with Crippen molar-refractivity contribution in [1.82, 2.24) is 10.3 Å². The van der Waals surface area contributed by atoms with Gasteiger partial charge in [-0.1, -0.05) is 36.4 Å². The fourth-order valence-electron chi connectivity index (χ4n) is 2.75. The summed E-state index contributed by atoms with van der Waals surface area (Å²) in [6.45, 7) is 0. The van der Waals surface area contributed by atoms with E-state index in [9.17, 15) is 9.59 Å². The Kier molecular flexibility index (Phi) is 5.82. The third-order valence-electron chi connectivity index (χ3n) is 4.07. The van der Waals surface area contributed by atoms with Crippen LogP contribution in [0.4, 0.5) is 0 Å². The first-order valence-electron chi connectivity index (χ1n) is 8.06. The highest BCUT2D eigenvalue weighted by Crippen LogP contribution is 2.18. The molecule has 0 aliphatic heterocycles. The number of amides is 1. The number of benzene rings is 2. The maximum absolute atomic E-state index is 12.8. The fourth-order valence-corrected chi connectivity index (χ4v) is 3.36. The molecule has 0 saturated carbocycles. The van der Waals surface area contributed by atoms with E-state index >= 15 is 0 Å². The van der Waals surface area contributed by atoms with Crippen LogP contribution in [0.5, 0.6) is 0 Å². The predicted octanol–water partition coefficient (Wildman–Crippen LogP) is 3.35. The van der Waals surface area contributed by atoms with E-state index in [1.54, 1.807) is 12.3 Å². The molecule has 1 amide bonds. The second-order valence-corrected chi connectivity index (χ2v) is 6.88. The predicted molar refractivity (Wildman–Crippen MR) is 108 cm³/mol. The van der Waals surface area contributed by atoms with Crippen molar-refractivity contribution in [2.45, 2.75) is 12.5 Å². The third-order valence-corrected chi connectivity index (χ3v) is 5.12. The first kappa shape index (κ1) is 18.3. The molecule has 0 aliphatic rings. The van der Waals surface area contributed by atoms with Gasteiger partial charge < -0.3 is 10.1 Å². The molecule has 1 heterocycles. The summed E-state index contributed by atoms with van der Waals surface area (Å²) in [5.74, 6) is -0.804. The molecule has 1 aromatic heterocycles. The Balaban J connectivity index is 1.88. The van der Waals surface area contributed by atoms with Crippen molar-refractivity contribution < 1.29 is 14.3 Å². The average molecular weight is 460 g/mol.